The SMILES string of the molecule is CCOc1cccc(CNc2ccc(N3CCCCC3)c(Cl)c2)c1OCc1ccccc1Cl. The van der Waals surface area contributed by atoms with Gasteiger partial charge in [-0.15, -0.1) is 0 Å². The van der Waals surface area contributed by atoms with E-state index in [1.165, 1.54) is 19.3 Å². The van der Waals surface area contributed by atoms with Gasteiger partial charge in [0.2, 0.25) is 0 Å². The number of piperidine rings is 1. The highest BCUT2D eigenvalue weighted by molar-refractivity contribution is 6.33. The third-order valence-electron chi connectivity index (χ3n) is 5.82. The van der Waals surface area contributed by atoms with E-state index in [2.05, 4.69) is 22.3 Å². The van der Waals surface area contributed by atoms with Gasteiger partial charge >= 0.3 is 0 Å². The van der Waals surface area contributed by atoms with Crippen molar-refractivity contribution in [1.82, 2.24) is 0 Å². The summed E-state index contributed by atoms with van der Waals surface area (Å²) in [4.78, 5) is 2.38. The lowest BCUT2D eigenvalue weighted by atomic mass is 10.1. The largest absolute Gasteiger partial charge is 0.490 e. The van der Waals surface area contributed by atoms with Crippen molar-refractivity contribution in [1.29, 1.82) is 0 Å². The monoisotopic (exact) mass is 484 g/mol. The van der Waals surface area contributed by atoms with Crippen LogP contribution in [0.1, 0.15) is 37.3 Å². The van der Waals surface area contributed by atoms with Crippen LogP contribution >= 0.6 is 23.2 Å². The lowest BCUT2D eigenvalue weighted by Gasteiger charge is -2.29. The molecule has 3 aromatic carbocycles. The average Bonchev–Trinajstić information content (AvgIpc) is 2.84. The van der Waals surface area contributed by atoms with Gasteiger partial charge in [-0.3, -0.25) is 0 Å². The maximum absolute atomic E-state index is 6.64. The van der Waals surface area contributed by atoms with E-state index in [0.717, 1.165) is 52.1 Å². The highest BCUT2D eigenvalue weighted by Crippen LogP contribution is 2.34. The average molecular weight is 485 g/mol. The lowest BCUT2D eigenvalue weighted by molar-refractivity contribution is 0.267. The highest BCUT2D eigenvalue weighted by Gasteiger charge is 2.15. The number of hydrogen-bond donors (Lipinski definition) is 1. The second-order valence-corrected chi connectivity index (χ2v) is 8.94. The van der Waals surface area contributed by atoms with E-state index in [0.29, 0.717) is 24.8 Å². The molecule has 174 valence electrons. The summed E-state index contributed by atoms with van der Waals surface area (Å²) >= 11 is 13.0. The fraction of sp³-hybridized carbons (Fsp3) is 0.333. The molecule has 3 aromatic rings. The molecule has 0 unspecified atom stereocenters. The topological polar surface area (TPSA) is 33.7 Å². The van der Waals surface area contributed by atoms with E-state index in [-0.39, 0.29) is 0 Å². The van der Waals surface area contributed by atoms with Crippen molar-refractivity contribution in [2.24, 2.45) is 0 Å². The quantitative estimate of drug-likeness (QED) is 0.339. The molecule has 0 spiro atoms. The molecule has 0 bridgehead atoms. The van der Waals surface area contributed by atoms with Crippen molar-refractivity contribution in [3.8, 4) is 11.5 Å². The minimum atomic E-state index is 0.368. The van der Waals surface area contributed by atoms with Gasteiger partial charge in [0.05, 0.1) is 17.3 Å². The number of rotatable bonds is 9. The van der Waals surface area contributed by atoms with Crippen molar-refractivity contribution in [3.05, 3.63) is 81.8 Å². The van der Waals surface area contributed by atoms with Crippen molar-refractivity contribution in [2.45, 2.75) is 39.3 Å². The molecular formula is C27H30Cl2N2O2. The molecule has 1 heterocycles. The Bertz CT molecular complexity index is 1070. The van der Waals surface area contributed by atoms with Crippen LogP contribution in [0.15, 0.2) is 60.7 Å². The van der Waals surface area contributed by atoms with Crippen molar-refractivity contribution < 1.29 is 9.47 Å². The van der Waals surface area contributed by atoms with E-state index in [1.54, 1.807) is 0 Å². The molecule has 1 N–H and O–H groups in total. The highest BCUT2D eigenvalue weighted by atomic mass is 35.5. The number of nitrogens with zero attached hydrogens (tertiary/aromatic N) is 1. The molecule has 0 aromatic heterocycles. The Balaban J connectivity index is 1.48. The van der Waals surface area contributed by atoms with Gasteiger partial charge in [0.15, 0.2) is 11.5 Å². The minimum absolute atomic E-state index is 0.368. The summed E-state index contributed by atoms with van der Waals surface area (Å²) in [5, 5.41) is 4.95. The summed E-state index contributed by atoms with van der Waals surface area (Å²) in [5.74, 6) is 1.45. The van der Waals surface area contributed by atoms with Gasteiger partial charge in [-0.05, 0) is 56.5 Å². The van der Waals surface area contributed by atoms with Crippen molar-refractivity contribution >= 4 is 34.6 Å². The zero-order valence-corrected chi connectivity index (χ0v) is 20.5. The van der Waals surface area contributed by atoms with Crippen LogP contribution in [0.25, 0.3) is 0 Å². The number of para-hydroxylation sites is 1. The maximum atomic E-state index is 6.64. The smallest absolute Gasteiger partial charge is 0.166 e. The van der Waals surface area contributed by atoms with Gasteiger partial charge in [-0.2, -0.15) is 0 Å². The molecule has 0 saturated carbocycles. The number of ether oxygens (including phenoxy) is 2. The Hall–Kier alpha value is -2.56. The van der Waals surface area contributed by atoms with Crippen LogP contribution in [0.2, 0.25) is 10.0 Å². The van der Waals surface area contributed by atoms with Crippen LogP contribution in [0.3, 0.4) is 0 Å². The molecule has 1 saturated heterocycles. The first-order valence-corrected chi connectivity index (χ1v) is 12.3. The van der Waals surface area contributed by atoms with Gasteiger partial charge in [0.25, 0.3) is 0 Å². The summed E-state index contributed by atoms with van der Waals surface area (Å²) in [6, 6.07) is 19.9. The van der Waals surface area contributed by atoms with E-state index in [1.807, 2.05) is 55.5 Å². The predicted molar refractivity (Wildman–Crippen MR) is 138 cm³/mol. The number of nitrogens with one attached hydrogen (secondary N) is 1. The first kappa shape index (κ1) is 23.6. The van der Waals surface area contributed by atoms with E-state index in [4.69, 9.17) is 32.7 Å². The molecule has 1 aliphatic rings. The molecule has 0 atom stereocenters. The van der Waals surface area contributed by atoms with Crippen LogP contribution in [-0.4, -0.2) is 19.7 Å². The number of halogens is 2. The Labute approximate surface area is 206 Å². The summed E-state index contributed by atoms with van der Waals surface area (Å²) in [6.45, 7) is 5.62. The third kappa shape index (κ3) is 6.07. The van der Waals surface area contributed by atoms with Gasteiger partial charge < -0.3 is 19.7 Å². The Morgan fingerprint density at radius 3 is 2.39 bits per heavy atom. The van der Waals surface area contributed by atoms with Crippen LogP contribution in [0.5, 0.6) is 11.5 Å². The minimum Gasteiger partial charge on any atom is -0.490 e. The van der Waals surface area contributed by atoms with Gasteiger partial charge in [-0.1, -0.05) is 53.5 Å². The number of hydrogen-bond acceptors (Lipinski definition) is 4. The van der Waals surface area contributed by atoms with Gasteiger partial charge in [0.1, 0.15) is 6.61 Å². The summed E-state index contributed by atoms with van der Waals surface area (Å²) < 4.78 is 12.1. The molecular weight excluding hydrogens is 455 g/mol. The molecule has 1 aliphatic heterocycles. The Kier molecular flexibility index (Phi) is 8.25. The first-order valence-electron chi connectivity index (χ1n) is 11.5. The fourth-order valence-electron chi connectivity index (χ4n) is 4.10. The second-order valence-electron chi connectivity index (χ2n) is 8.12. The maximum Gasteiger partial charge on any atom is 0.166 e. The first-order chi connectivity index (χ1) is 16.2. The molecule has 0 radical (unpaired) electrons. The molecule has 1 fully saturated rings. The van der Waals surface area contributed by atoms with Crippen molar-refractivity contribution in [3.63, 3.8) is 0 Å². The number of benzene rings is 3. The Morgan fingerprint density at radius 2 is 1.64 bits per heavy atom. The Morgan fingerprint density at radius 1 is 0.848 bits per heavy atom. The van der Waals surface area contributed by atoms with Crippen LogP contribution in [0, 0.1) is 0 Å². The normalized spacial score (nSPS) is 13.6. The van der Waals surface area contributed by atoms with Crippen LogP contribution < -0.4 is 19.7 Å². The van der Waals surface area contributed by atoms with Gasteiger partial charge in [0, 0.05) is 41.5 Å². The molecule has 4 rings (SSSR count). The van der Waals surface area contributed by atoms with Crippen LogP contribution in [-0.2, 0) is 13.2 Å². The molecule has 4 nitrogen and oxygen atoms in total. The molecule has 0 amide bonds. The summed E-state index contributed by atoms with van der Waals surface area (Å²) in [5.41, 5.74) is 4.03. The van der Waals surface area contributed by atoms with Gasteiger partial charge in [-0.25, -0.2) is 0 Å². The molecule has 0 aliphatic carbocycles. The molecule has 6 heteroatoms. The van der Waals surface area contributed by atoms with E-state index >= 15 is 0 Å². The van der Waals surface area contributed by atoms with E-state index in [9.17, 15) is 0 Å². The zero-order valence-electron chi connectivity index (χ0n) is 18.9. The van der Waals surface area contributed by atoms with Crippen molar-refractivity contribution in [2.75, 3.05) is 29.9 Å². The lowest BCUT2D eigenvalue weighted by Crippen LogP contribution is -2.29. The zero-order chi connectivity index (χ0) is 23.0. The van der Waals surface area contributed by atoms with E-state index < -0.39 is 0 Å². The predicted octanol–water partition coefficient (Wildman–Crippen LogP) is 7.57. The fourth-order valence-corrected chi connectivity index (χ4v) is 4.59. The summed E-state index contributed by atoms with van der Waals surface area (Å²) in [6.07, 6.45) is 3.75. The summed E-state index contributed by atoms with van der Waals surface area (Å²) in [7, 11) is 0. The second kappa shape index (κ2) is 11.5. The third-order valence-corrected chi connectivity index (χ3v) is 6.49. The number of anilines is 2. The van der Waals surface area contributed by atoms with Crippen LogP contribution in [0.4, 0.5) is 11.4 Å². The standard InChI is InChI=1S/C27H30Cl2N2O2/c1-2-32-26-12-8-10-20(27(26)33-19-21-9-4-5-11-23(21)28)18-30-22-13-14-25(24(29)17-22)31-15-6-3-7-16-31/h4-5,8-14,17,30H,2-3,6-7,15-16,18-19H2,1H3. The molecule has 33 heavy (non-hydrogen) atoms.